The van der Waals surface area contributed by atoms with E-state index in [1.54, 1.807) is 7.11 Å². The smallest absolute Gasteiger partial charge is 0.213 e. The highest BCUT2D eigenvalue weighted by atomic mass is 16.5. The van der Waals surface area contributed by atoms with Crippen LogP contribution >= 0.6 is 0 Å². The van der Waals surface area contributed by atoms with Gasteiger partial charge in [-0.1, -0.05) is 30.3 Å². The van der Waals surface area contributed by atoms with E-state index in [0.717, 1.165) is 5.69 Å². The van der Waals surface area contributed by atoms with Crippen molar-refractivity contribution in [3.05, 3.63) is 59.3 Å². The largest absolute Gasteiger partial charge is 0.481 e. The molecule has 0 amide bonds. The first-order valence-electron chi connectivity index (χ1n) is 5.96. The molecule has 0 bridgehead atoms. The van der Waals surface area contributed by atoms with E-state index in [4.69, 9.17) is 4.74 Å². The monoisotopic (exact) mass is 239 g/mol. The number of pyridine rings is 1. The lowest BCUT2D eigenvalue weighted by Gasteiger charge is -2.06. The first-order chi connectivity index (χ1) is 8.70. The molecule has 1 aromatic carbocycles. The zero-order valence-corrected chi connectivity index (χ0v) is 11.0. The van der Waals surface area contributed by atoms with Crippen molar-refractivity contribution in [1.82, 2.24) is 4.98 Å². The highest BCUT2D eigenvalue weighted by Gasteiger charge is 2.00. The van der Waals surface area contributed by atoms with Crippen LogP contribution in [0.2, 0.25) is 0 Å². The Balaban J connectivity index is 2.35. The third-order valence-corrected chi connectivity index (χ3v) is 2.89. The van der Waals surface area contributed by atoms with Gasteiger partial charge in [-0.25, -0.2) is 4.98 Å². The number of rotatable bonds is 3. The Labute approximate surface area is 108 Å². The van der Waals surface area contributed by atoms with Crippen molar-refractivity contribution in [3.63, 3.8) is 0 Å². The Hall–Kier alpha value is -2.09. The highest BCUT2D eigenvalue weighted by molar-refractivity contribution is 5.80. The van der Waals surface area contributed by atoms with E-state index in [-0.39, 0.29) is 0 Å². The molecule has 2 heteroatoms. The van der Waals surface area contributed by atoms with Crippen LogP contribution in [0.1, 0.15) is 23.7 Å². The average molecular weight is 239 g/mol. The van der Waals surface area contributed by atoms with Crippen LogP contribution in [0.4, 0.5) is 0 Å². The molecule has 1 aromatic heterocycles. The maximum absolute atomic E-state index is 5.13. The van der Waals surface area contributed by atoms with Crippen LogP contribution in [-0.2, 0) is 0 Å². The fourth-order valence-electron chi connectivity index (χ4n) is 1.94. The molecule has 0 radical (unpaired) electrons. The molecule has 0 aliphatic carbocycles. The number of ether oxygens (including phenoxy) is 1. The second-order valence-electron chi connectivity index (χ2n) is 4.25. The first kappa shape index (κ1) is 12.4. The molecular weight excluding hydrogens is 222 g/mol. The number of hydrogen-bond acceptors (Lipinski definition) is 2. The maximum atomic E-state index is 5.13. The molecule has 0 aliphatic heterocycles. The van der Waals surface area contributed by atoms with Gasteiger partial charge in [-0.05, 0) is 42.7 Å². The summed E-state index contributed by atoms with van der Waals surface area (Å²) in [5, 5.41) is 0. The van der Waals surface area contributed by atoms with Gasteiger partial charge in [0.2, 0.25) is 5.88 Å². The van der Waals surface area contributed by atoms with E-state index < -0.39 is 0 Å². The van der Waals surface area contributed by atoms with Crippen LogP contribution in [-0.4, -0.2) is 12.1 Å². The lowest BCUT2D eigenvalue weighted by atomic mass is 10.0. The van der Waals surface area contributed by atoms with Crippen LogP contribution in [0.5, 0.6) is 5.88 Å². The minimum Gasteiger partial charge on any atom is -0.481 e. The molecule has 0 aliphatic rings. The summed E-state index contributed by atoms with van der Waals surface area (Å²) >= 11 is 0. The van der Waals surface area contributed by atoms with Gasteiger partial charge >= 0.3 is 0 Å². The van der Waals surface area contributed by atoms with Crippen molar-refractivity contribution < 1.29 is 4.74 Å². The highest BCUT2D eigenvalue weighted by Crippen LogP contribution is 2.20. The molecule has 1 heterocycles. The lowest BCUT2D eigenvalue weighted by Crippen LogP contribution is -1.90. The van der Waals surface area contributed by atoms with Crippen LogP contribution in [0.25, 0.3) is 11.6 Å². The summed E-state index contributed by atoms with van der Waals surface area (Å²) in [6.07, 6.45) is 2.07. The molecule has 0 unspecified atom stereocenters. The van der Waals surface area contributed by atoms with E-state index in [1.165, 1.54) is 16.7 Å². The van der Waals surface area contributed by atoms with Crippen molar-refractivity contribution in [3.8, 4) is 5.88 Å². The second-order valence-corrected chi connectivity index (χ2v) is 4.25. The van der Waals surface area contributed by atoms with Crippen molar-refractivity contribution in [2.45, 2.75) is 13.8 Å². The predicted molar refractivity (Wildman–Crippen MR) is 75.5 cm³/mol. The average Bonchev–Trinajstić information content (AvgIpc) is 2.39. The summed E-state index contributed by atoms with van der Waals surface area (Å²) in [7, 11) is 1.63. The van der Waals surface area contributed by atoms with E-state index in [1.807, 2.05) is 18.2 Å². The molecule has 0 fully saturated rings. The summed E-state index contributed by atoms with van der Waals surface area (Å²) in [4.78, 5) is 4.39. The molecule has 0 N–H and O–H groups in total. The lowest BCUT2D eigenvalue weighted by molar-refractivity contribution is 0.397. The van der Waals surface area contributed by atoms with Crippen molar-refractivity contribution in [2.24, 2.45) is 0 Å². The number of aromatic nitrogens is 1. The number of methoxy groups -OCH3 is 1. The Morgan fingerprint density at radius 3 is 2.61 bits per heavy atom. The molecule has 2 aromatic rings. The van der Waals surface area contributed by atoms with Gasteiger partial charge in [0, 0.05) is 6.07 Å². The van der Waals surface area contributed by atoms with E-state index in [9.17, 15) is 0 Å². The summed E-state index contributed by atoms with van der Waals surface area (Å²) < 4.78 is 5.13. The van der Waals surface area contributed by atoms with E-state index >= 15 is 0 Å². The van der Waals surface area contributed by atoms with Crippen molar-refractivity contribution in [2.75, 3.05) is 7.11 Å². The zero-order valence-electron chi connectivity index (χ0n) is 11.0. The van der Waals surface area contributed by atoms with Crippen molar-refractivity contribution in [1.29, 1.82) is 0 Å². The maximum Gasteiger partial charge on any atom is 0.213 e. The minimum absolute atomic E-state index is 0.640. The van der Waals surface area contributed by atoms with Crippen LogP contribution in [0.15, 0.2) is 42.5 Å². The quantitative estimate of drug-likeness (QED) is 0.808. The molecule has 18 heavy (non-hydrogen) atoms. The van der Waals surface area contributed by atoms with Gasteiger partial charge in [0.1, 0.15) is 0 Å². The predicted octanol–water partition coefficient (Wildman–Crippen LogP) is 3.96. The Kier molecular flexibility index (Phi) is 3.78. The van der Waals surface area contributed by atoms with E-state index in [0.29, 0.717) is 5.88 Å². The fourth-order valence-corrected chi connectivity index (χ4v) is 1.94. The SMILES string of the molecule is COc1cccc(/C=C(\C)c2ccccc2C)n1. The third kappa shape index (κ3) is 2.77. The molecule has 92 valence electrons. The summed E-state index contributed by atoms with van der Waals surface area (Å²) in [6, 6.07) is 14.1. The number of hydrogen-bond donors (Lipinski definition) is 0. The summed E-state index contributed by atoms with van der Waals surface area (Å²) in [5.74, 6) is 0.640. The summed E-state index contributed by atoms with van der Waals surface area (Å²) in [6.45, 7) is 4.22. The van der Waals surface area contributed by atoms with Gasteiger partial charge in [-0.3, -0.25) is 0 Å². The van der Waals surface area contributed by atoms with Crippen molar-refractivity contribution >= 4 is 11.6 Å². The number of allylic oxidation sites excluding steroid dienone is 1. The minimum atomic E-state index is 0.640. The molecule has 0 saturated heterocycles. The number of nitrogens with zero attached hydrogens (tertiary/aromatic N) is 1. The van der Waals surface area contributed by atoms with Gasteiger partial charge in [-0.2, -0.15) is 0 Å². The summed E-state index contributed by atoms with van der Waals surface area (Å²) in [5.41, 5.74) is 4.64. The van der Waals surface area contributed by atoms with Gasteiger partial charge in [0.05, 0.1) is 12.8 Å². The Morgan fingerprint density at radius 1 is 1.11 bits per heavy atom. The molecule has 0 saturated carbocycles. The molecule has 0 atom stereocenters. The third-order valence-electron chi connectivity index (χ3n) is 2.89. The molecule has 2 nitrogen and oxygen atoms in total. The van der Waals surface area contributed by atoms with Gasteiger partial charge in [0.25, 0.3) is 0 Å². The second kappa shape index (κ2) is 5.50. The Morgan fingerprint density at radius 2 is 1.89 bits per heavy atom. The van der Waals surface area contributed by atoms with Gasteiger partial charge in [-0.15, -0.1) is 0 Å². The molecule has 0 spiro atoms. The van der Waals surface area contributed by atoms with E-state index in [2.05, 4.69) is 49.2 Å². The number of aryl methyl sites for hydroxylation is 1. The topological polar surface area (TPSA) is 22.1 Å². The van der Waals surface area contributed by atoms with Gasteiger partial charge < -0.3 is 4.74 Å². The normalized spacial score (nSPS) is 11.4. The van der Waals surface area contributed by atoms with Gasteiger partial charge in [0.15, 0.2) is 0 Å². The van der Waals surface area contributed by atoms with Crippen LogP contribution in [0, 0.1) is 6.92 Å². The standard InChI is InChI=1S/C16H17NO/c1-12-7-4-5-9-15(12)13(2)11-14-8-6-10-16(17-14)18-3/h4-11H,1-3H3/b13-11+. The van der Waals surface area contributed by atoms with Crippen LogP contribution < -0.4 is 4.74 Å². The molecule has 2 rings (SSSR count). The van der Waals surface area contributed by atoms with Crippen LogP contribution in [0.3, 0.4) is 0 Å². The Bertz CT molecular complexity index is 573. The fraction of sp³-hybridized carbons (Fsp3) is 0.188. The molecular formula is C16H17NO. The first-order valence-corrected chi connectivity index (χ1v) is 5.96. The zero-order chi connectivity index (χ0) is 13.0. The number of benzene rings is 1.